The largest absolute Gasteiger partial charge is 0.351 e. The highest BCUT2D eigenvalue weighted by atomic mass is 79.9. The van der Waals surface area contributed by atoms with E-state index in [2.05, 4.69) is 31.2 Å². The van der Waals surface area contributed by atoms with Gasteiger partial charge in [-0.25, -0.2) is 14.4 Å². The topological polar surface area (TPSA) is 72.0 Å². The molecule has 5 nitrogen and oxygen atoms in total. The Morgan fingerprint density at radius 3 is 2.14 bits per heavy atom. The molecule has 1 N–H and O–H groups in total. The minimum Gasteiger partial charge on any atom is -0.351 e. The van der Waals surface area contributed by atoms with Crippen LogP contribution in [0.25, 0.3) is 0 Å². The average Bonchev–Trinajstić information content (AvgIpc) is 2.51. The van der Waals surface area contributed by atoms with Crippen molar-refractivity contribution in [1.29, 1.82) is 0 Å². The van der Waals surface area contributed by atoms with Gasteiger partial charge in [0, 0.05) is 18.1 Å². The van der Waals surface area contributed by atoms with Gasteiger partial charge in [-0.05, 0) is 40.2 Å². The SMILES string of the molecule is O=C1C(Br)=C(Nc2ccc(F)cc2)C(=O)c2nccnc21. The molecule has 0 saturated heterocycles. The number of fused-ring (bicyclic) bond motifs is 1. The van der Waals surface area contributed by atoms with Crippen molar-refractivity contribution < 1.29 is 14.0 Å². The van der Waals surface area contributed by atoms with Crippen molar-refractivity contribution in [2.75, 3.05) is 5.32 Å². The van der Waals surface area contributed by atoms with Gasteiger partial charge in [-0.1, -0.05) is 0 Å². The number of ketones is 2. The zero-order chi connectivity index (χ0) is 15.0. The molecule has 7 heteroatoms. The summed E-state index contributed by atoms with van der Waals surface area (Å²) in [6.07, 6.45) is 2.70. The summed E-state index contributed by atoms with van der Waals surface area (Å²) in [6, 6.07) is 5.43. The Kier molecular flexibility index (Phi) is 3.34. The Morgan fingerprint density at radius 2 is 1.52 bits per heavy atom. The number of hydrogen-bond donors (Lipinski definition) is 1. The zero-order valence-corrected chi connectivity index (χ0v) is 12.0. The maximum absolute atomic E-state index is 12.9. The van der Waals surface area contributed by atoms with Crippen LogP contribution in [0.3, 0.4) is 0 Å². The summed E-state index contributed by atoms with van der Waals surface area (Å²) >= 11 is 3.11. The summed E-state index contributed by atoms with van der Waals surface area (Å²) in [5.74, 6) is -1.27. The van der Waals surface area contributed by atoms with Crippen molar-refractivity contribution in [1.82, 2.24) is 9.97 Å². The van der Waals surface area contributed by atoms with Crippen LogP contribution in [0.1, 0.15) is 21.0 Å². The highest BCUT2D eigenvalue weighted by Crippen LogP contribution is 2.28. The van der Waals surface area contributed by atoms with Crippen LogP contribution in [0, 0.1) is 5.82 Å². The van der Waals surface area contributed by atoms with E-state index >= 15 is 0 Å². The van der Waals surface area contributed by atoms with E-state index in [-0.39, 0.29) is 21.6 Å². The van der Waals surface area contributed by atoms with Crippen molar-refractivity contribution >= 4 is 33.2 Å². The second kappa shape index (κ2) is 5.17. The second-order valence-electron chi connectivity index (χ2n) is 4.23. The van der Waals surface area contributed by atoms with Crippen molar-refractivity contribution in [3.05, 3.63) is 64.0 Å². The van der Waals surface area contributed by atoms with E-state index in [0.29, 0.717) is 5.69 Å². The molecule has 0 saturated carbocycles. The van der Waals surface area contributed by atoms with Gasteiger partial charge in [-0.3, -0.25) is 9.59 Å². The molecule has 0 spiro atoms. The zero-order valence-electron chi connectivity index (χ0n) is 10.4. The second-order valence-corrected chi connectivity index (χ2v) is 5.03. The Morgan fingerprint density at radius 1 is 0.952 bits per heavy atom. The molecular formula is C14H7BrFN3O2. The van der Waals surface area contributed by atoms with Crippen LogP contribution in [0.4, 0.5) is 10.1 Å². The molecule has 0 atom stereocenters. The predicted octanol–water partition coefficient (Wildman–Crippen LogP) is 2.71. The summed E-state index contributed by atoms with van der Waals surface area (Å²) in [7, 11) is 0. The number of aromatic nitrogens is 2. The molecule has 0 fully saturated rings. The van der Waals surface area contributed by atoms with E-state index in [1.165, 1.54) is 36.7 Å². The lowest BCUT2D eigenvalue weighted by Crippen LogP contribution is -2.26. The quantitative estimate of drug-likeness (QED) is 0.904. The third-order valence-corrected chi connectivity index (χ3v) is 3.64. The molecule has 0 radical (unpaired) electrons. The molecule has 1 aromatic heterocycles. The molecule has 0 unspecified atom stereocenters. The number of nitrogens with one attached hydrogen (secondary N) is 1. The van der Waals surface area contributed by atoms with Gasteiger partial charge < -0.3 is 5.32 Å². The number of rotatable bonds is 2. The molecule has 1 heterocycles. The summed E-state index contributed by atoms with van der Waals surface area (Å²) in [5, 5.41) is 2.81. The van der Waals surface area contributed by atoms with Crippen LogP contribution >= 0.6 is 15.9 Å². The van der Waals surface area contributed by atoms with Gasteiger partial charge in [0.15, 0.2) is 0 Å². The van der Waals surface area contributed by atoms with E-state index < -0.39 is 17.4 Å². The van der Waals surface area contributed by atoms with Crippen LogP contribution in [0.2, 0.25) is 0 Å². The van der Waals surface area contributed by atoms with Crippen LogP contribution in [-0.2, 0) is 0 Å². The lowest BCUT2D eigenvalue weighted by molar-refractivity contribution is 0.0975. The Bertz CT molecular complexity index is 787. The van der Waals surface area contributed by atoms with Gasteiger partial charge in [-0.2, -0.15) is 0 Å². The predicted molar refractivity (Wildman–Crippen MR) is 76.7 cm³/mol. The first-order chi connectivity index (χ1) is 10.1. The van der Waals surface area contributed by atoms with Crippen LogP contribution in [0.5, 0.6) is 0 Å². The molecule has 2 aromatic rings. The Labute approximate surface area is 127 Å². The molecule has 1 aliphatic carbocycles. The first-order valence-electron chi connectivity index (χ1n) is 5.90. The van der Waals surface area contributed by atoms with Gasteiger partial charge in [0.1, 0.15) is 22.9 Å². The van der Waals surface area contributed by atoms with Crippen molar-refractivity contribution in [2.45, 2.75) is 0 Å². The number of halogens is 2. The average molecular weight is 348 g/mol. The number of anilines is 1. The molecule has 3 rings (SSSR count). The molecule has 104 valence electrons. The third kappa shape index (κ3) is 2.36. The first kappa shape index (κ1) is 13.6. The summed E-state index contributed by atoms with van der Waals surface area (Å²) < 4.78 is 13.0. The number of hydrogen-bond acceptors (Lipinski definition) is 5. The van der Waals surface area contributed by atoms with E-state index in [0.717, 1.165) is 0 Å². The number of allylic oxidation sites excluding steroid dienone is 2. The number of nitrogens with zero attached hydrogens (tertiary/aromatic N) is 2. The number of carbonyl (C=O) groups excluding carboxylic acids is 2. The molecule has 0 amide bonds. The Hall–Kier alpha value is -2.41. The summed E-state index contributed by atoms with van der Waals surface area (Å²) in [6.45, 7) is 0. The van der Waals surface area contributed by atoms with Gasteiger partial charge in [0.2, 0.25) is 11.6 Å². The van der Waals surface area contributed by atoms with E-state index in [4.69, 9.17) is 0 Å². The fourth-order valence-corrected chi connectivity index (χ4v) is 2.36. The highest BCUT2D eigenvalue weighted by Gasteiger charge is 2.33. The molecule has 1 aliphatic rings. The molecular weight excluding hydrogens is 341 g/mol. The van der Waals surface area contributed by atoms with E-state index in [1.807, 2.05) is 0 Å². The third-order valence-electron chi connectivity index (χ3n) is 2.89. The van der Waals surface area contributed by atoms with E-state index in [1.54, 1.807) is 0 Å². The smallest absolute Gasteiger partial charge is 0.231 e. The number of benzene rings is 1. The first-order valence-corrected chi connectivity index (χ1v) is 6.70. The molecule has 21 heavy (non-hydrogen) atoms. The lowest BCUT2D eigenvalue weighted by Gasteiger charge is -2.17. The highest BCUT2D eigenvalue weighted by molar-refractivity contribution is 9.12. The van der Waals surface area contributed by atoms with Crippen molar-refractivity contribution in [2.24, 2.45) is 0 Å². The molecule has 1 aromatic carbocycles. The minimum atomic E-state index is -0.450. The van der Waals surface area contributed by atoms with Crippen molar-refractivity contribution in [3.8, 4) is 0 Å². The normalized spacial score (nSPS) is 14.2. The molecule has 0 aliphatic heterocycles. The standard InChI is InChI=1S/C14H7BrFN3O2/c15-9-10(19-8-3-1-7(16)2-4-8)14(21)12-11(13(9)20)17-5-6-18-12/h1-6,19H. The van der Waals surface area contributed by atoms with Crippen LogP contribution in [0.15, 0.2) is 46.8 Å². The van der Waals surface area contributed by atoms with Crippen molar-refractivity contribution in [3.63, 3.8) is 0 Å². The fraction of sp³-hybridized carbons (Fsp3) is 0. The fourth-order valence-electron chi connectivity index (χ4n) is 1.90. The minimum absolute atomic E-state index is 0.00434. The van der Waals surface area contributed by atoms with Gasteiger partial charge >= 0.3 is 0 Å². The monoisotopic (exact) mass is 347 g/mol. The molecule has 0 bridgehead atoms. The van der Waals surface area contributed by atoms with E-state index in [9.17, 15) is 14.0 Å². The maximum Gasteiger partial charge on any atom is 0.231 e. The summed E-state index contributed by atoms with van der Waals surface area (Å²) in [4.78, 5) is 32.3. The van der Waals surface area contributed by atoms with Gasteiger partial charge in [-0.15, -0.1) is 0 Å². The maximum atomic E-state index is 12.9. The van der Waals surface area contributed by atoms with Gasteiger partial charge in [0.25, 0.3) is 0 Å². The number of Topliss-reactive ketones (excluding diaryl/α,β-unsaturated/α-hetero) is 2. The summed E-state index contributed by atoms with van der Waals surface area (Å²) in [5.41, 5.74) is 0.547. The van der Waals surface area contributed by atoms with Crippen LogP contribution < -0.4 is 5.32 Å². The Balaban J connectivity index is 2.02. The van der Waals surface area contributed by atoms with Crippen LogP contribution in [-0.4, -0.2) is 21.5 Å². The number of carbonyl (C=O) groups is 2. The van der Waals surface area contributed by atoms with Gasteiger partial charge in [0.05, 0.1) is 4.48 Å². The lowest BCUT2D eigenvalue weighted by atomic mass is 10.0.